The van der Waals surface area contributed by atoms with Gasteiger partial charge in [0.15, 0.2) is 11.5 Å². The molecule has 1 aromatic rings. The number of carbonyl (C=O) groups excluding carboxylic acids is 1. The molecular formula is C22H32FN3O3. The van der Waals surface area contributed by atoms with Gasteiger partial charge in [-0.3, -0.25) is 10.1 Å². The van der Waals surface area contributed by atoms with E-state index in [-0.39, 0.29) is 11.7 Å². The van der Waals surface area contributed by atoms with Crippen molar-refractivity contribution in [1.82, 2.24) is 10.2 Å². The highest BCUT2D eigenvalue weighted by Crippen LogP contribution is 2.34. The van der Waals surface area contributed by atoms with Crippen molar-refractivity contribution in [2.75, 3.05) is 27.8 Å². The summed E-state index contributed by atoms with van der Waals surface area (Å²) in [6, 6.07) is 3.58. The fourth-order valence-electron chi connectivity index (χ4n) is 2.45. The summed E-state index contributed by atoms with van der Waals surface area (Å²) in [6.45, 7) is 7.67. The lowest BCUT2D eigenvalue weighted by Gasteiger charge is -2.21. The molecule has 160 valence electrons. The highest BCUT2D eigenvalue weighted by atomic mass is 19.1. The fraction of sp³-hybridized carbons (Fsp3) is 0.455. The third kappa shape index (κ3) is 7.97. The summed E-state index contributed by atoms with van der Waals surface area (Å²) in [5, 5.41) is 2.84. The van der Waals surface area contributed by atoms with Crippen molar-refractivity contribution in [3.8, 4) is 11.5 Å². The Labute approximate surface area is 173 Å². The molecule has 0 aliphatic heterocycles. The van der Waals surface area contributed by atoms with Gasteiger partial charge >= 0.3 is 0 Å². The summed E-state index contributed by atoms with van der Waals surface area (Å²) >= 11 is 0. The van der Waals surface area contributed by atoms with Gasteiger partial charge < -0.3 is 14.4 Å². The number of carbonyl (C=O) groups is 1. The van der Waals surface area contributed by atoms with Crippen LogP contribution in [0.2, 0.25) is 0 Å². The number of ether oxygens (including phenoxy) is 2. The number of hydrogen-bond donors (Lipinski definition) is 1. The van der Waals surface area contributed by atoms with Crippen LogP contribution < -0.4 is 14.8 Å². The molecule has 0 spiro atoms. The molecule has 1 rings (SSSR count). The maximum atomic E-state index is 13.0. The predicted molar refractivity (Wildman–Crippen MR) is 116 cm³/mol. The Morgan fingerprint density at radius 2 is 1.86 bits per heavy atom. The van der Waals surface area contributed by atoms with Gasteiger partial charge in [0.1, 0.15) is 0 Å². The lowest BCUT2D eigenvalue weighted by atomic mass is 10.2. The van der Waals surface area contributed by atoms with Crippen LogP contribution >= 0.6 is 0 Å². The highest BCUT2D eigenvalue weighted by Gasteiger charge is 2.13. The number of halogens is 1. The first kappa shape index (κ1) is 24.2. The number of rotatable bonds is 8. The first-order valence-corrected chi connectivity index (χ1v) is 9.54. The van der Waals surface area contributed by atoms with E-state index < -0.39 is 0 Å². The minimum Gasteiger partial charge on any atom is -0.493 e. The smallest absolute Gasteiger partial charge is 0.250 e. The van der Waals surface area contributed by atoms with Crippen LogP contribution in [0.5, 0.6) is 11.5 Å². The maximum Gasteiger partial charge on any atom is 0.250 e. The predicted octanol–water partition coefficient (Wildman–Crippen LogP) is 4.67. The molecule has 0 atom stereocenters. The second kappa shape index (κ2) is 11.9. The third-order valence-electron chi connectivity index (χ3n) is 4.35. The van der Waals surface area contributed by atoms with Crippen LogP contribution in [-0.2, 0) is 4.79 Å². The Morgan fingerprint density at radius 1 is 1.24 bits per heavy atom. The second-order valence-corrected chi connectivity index (χ2v) is 6.76. The van der Waals surface area contributed by atoms with E-state index in [1.165, 1.54) is 13.0 Å². The van der Waals surface area contributed by atoms with Crippen LogP contribution in [0.3, 0.4) is 0 Å². The van der Waals surface area contributed by atoms with Crippen LogP contribution in [0.1, 0.15) is 39.2 Å². The van der Waals surface area contributed by atoms with Gasteiger partial charge in [0.05, 0.1) is 25.7 Å². The average Bonchev–Trinajstić information content (AvgIpc) is 2.67. The Balaban J connectivity index is 3.28. The highest BCUT2D eigenvalue weighted by molar-refractivity contribution is 6.03. The Hall–Kier alpha value is -2.83. The van der Waals surface area contributed by atoms with E-state index in [1.807, 2.05) is 26.8 Å². The largest absolute Gasteiger partial charge is 0.493 e. The Bertz CT molecular complexity index is 797. The molecule has 0 radical (unpaired) electrons. The molecule has 6 nitrogen and oxygen atoms in total. The molecule has 1 amide bonds. The molecule has 29 heavy (non-hydrogen) atoms. The standard InChI is InChI=1S/C22H32FN3O3/c1-8-15(2)12-21(27)25-22(26(5)11-9-10-17(4)23)24-18-14-20(29-7)19(28-6)13-16(18)3/h10,12-14H,8-9,11H2,1-7H3,(H,24,25,27)/b15-12+,17-10+. The maximum absolute atomic E-state index is 13.0. The average molecular weight is 406 g/mol. The fourth-order valence-corrected chi connectivity index (χ4v) is 2.45. The second-order valence-electron chi connectivity index (χ2n) is 6.76. The van der Waals surface area contributed by atoms with Gasteiger partial charge in [-0.2, -0.15) is 0 Å². The number of benzene rings is 1. The van der Waals surface area contributed by atoms with Gasteiger partial charge in [-0.15, -0.1) is 0 Å². The lowest BCUT2D eigenvalue weighted by Crippen LogP contribution is -2.41. The molecule has 0 saturated heterocycles. The van der Waals surface area contributed by atoms with Gasteiger partial charge in [0.25, 0.3) is 5.91 Å². The Kier molecular flexibility index (Phi) is 9.92. The van der Waals surface area contributed by atoms with E-state index >= 15 is 0 Å². The van der Waals surface area contributed by atoms with E-state index in [1.54, 1.807) is 38.3 Å². The minimum absolute atomic E-state index is 0.238. The van der Waals surface area contributed by atoms with Crippen molar-refractivity contribution in [2.24, 2.45) is 4.99 Å². The zero-order valence-corrected chi connectivity index (χ0v) is 18.4. The molecular weight excluding hydrogens is 373 g/mol. The topological polar surface area (TPSA) is 63.2 Å². The van der Waals surface area contributed by atoms with Crippen LogP contribution in [0.4, 0.5) is 10.1 Å². The number of nitrogens with zero attached hydrogens (tertiary/aromatic N) is 2. The summed E-state index contributed by atoms with van der Waals surface area (Å²) in [5.74, 6) is 1.02. The van der Waals surface area contributed by atoms with Crippen LogP contribution in [0, 0.1) is 6.92 Å². The van der Waals surface area contributed by atoms with Crippen molar-refractivity contribution < 1.29 is 18.7 Å². The first-order chi connectivity index (χ1) is 13.7. The first-order valence-electron chi connectivity index (χ1n) is 9.54. The summed E-state index contributed by atoms with van der Waals surface area (Å²) in [6.07, 6.45) is 4.32. The van der Waals surface area contributed by atoms with E-state index in [2.05, 4.69) is 10.3 Å². The molecule has 1 N–H and O–H groups in total. The van der Waals surface area contributed by atoms with Gasteiger partial charge in [0.2, 0.25) is 5.96 Å². The van der Waals surface area contributed by atoms with E-state index in [9.17, 15) is 9.18 Å². The van der Waals surface area contributed by atoms with E-state index in [0.29, 0.717) is 36.1 Å². The summed E-state index contributed by atoms with van der Waals surface area (Å²) in [7, 11) is 4.93. The normalized spacial score (nSPS) is 12.6. The monoisotopic (exact) mass is 405 g/mol. The summed E-state index contributed by atoms with van der Waals surface area (Å²) in [5.41, 5.74) is 2.46. The number of guanidine groups is 1. The molecule has 1 aromatic carbocycles. The number of methoxy groups -OCH3 is 2. The van der Waals surface area contributed by atoms with Gasteiger partial charge in [0, 0.05) is 25.7 Å². The molecule has 0 aliphatic carbocycles. The number of aliphatic imine (C=N–C) groups is 1. The quantitative estimate of drug-likeness (QED) is 0.388. The van der Waals surface area contributed by atoms with E-state index in [0.717, 1.165) is 17.6 Å². The van der Waals surface area contributed by atoms with Crippen LogP contribution in [0.15, 0.2) is 40.7 Å². The Morgan fingerprint density at radius 3 is 2.41 bits per heavy atom. The molecule has 0 unspecified atom stereocenters. The molecule has 0 heterocycles. The molecule has 0 bridgehead atoms. The molecule has 0 saturated carbocycles. The zero-order chi connectivity index (χ0) is 22.0. The zero-order valence-electron chi connectivity index (χ0n) is 18.4. The van der Waals surface area contributed by atoms with Crippen molar-refractivity contribution in [3.63, 3.8) is 0 Å². The third-order valence-corrected chi connectivity index (χ3v) is 4.35. The van der Waals surface area contributed by atoms with Crippen molar-refractivity contribution in [1.29, 1.82) is 0 Å². The minimum atomic E-state index is -0.259. The molecule has 7 heteroatoms. The van der Waals surface area contributed by atoms with E-state index in [4.69, 9.17) is 9.47 Å². The molecule has 0 fully saturated rings. The van der Waals surface area contributed by atoms with Gasteiger partial charge in [-0.1, -0.05) is 18.6 Å². The summed E-state index contributed by atoms with van der Waals surface area (Å²) in [4.78, 5) is 18.8. The number of aryl methyl sites for hydroxylation is 1. The van der Waals surface area contributed by atoms with Crippen LogP contribution in [-0.4, -0.2) is 44.6 Å². The SMILES string of the molecule is CC/C(C)=C/C(=O)NC(=Nc1cc(OC)c(OC)cc1C)N(C)CC/C=C(\C)F. The number of allylic oxidation sites excluding steroid dienone is 2. The number of nitrogens with one attached hydrogen (secondary N) is 1. The van der Waals surface area contributed by atoms with Crippen molar-refractivity contribution in [2.45, 2.75) is 40.5 Å². The molecule has 0 aliphatic rings. The summed E-state index contributed by atoms with van der Waals surface area (Å²) < 4.78 is 23.7. The van der Waals surface area contributed by atoms with Crippen molar-refractivity contribution >= 4 is 17.6 Å². The number of hydrogen-bond acceptors (Lipinski definition) is 4. The van der Waals surface area contributed by atoms with Crippen molar-refractivity contribution in [3.05, 3.63) is 41.2 Å². The van der Waals surface area contributed by atoms with Gasteiger partial charge in [-0.05, 0) is 45.2 Å². The van der Waals surface area contributed by atoms with Crippen LogP contribution in [0.25, 0.3) is 0 Å². The lowest BCUT2D eigenvalue weighted by molar-refractivity contribution is -0.115. The van der Waals surface area contributed by atoms with Gasteiger partial charge in [-0.25, -0.2) is 9.38 Å². The molecule has 0 aromatic heterocycles. The number of amides is 1.